The first-order chi connectivity index (χ1) is 20.7. The molecule has 42 heavy (non-hydrogen) atoms. The molecule has 0 fully saturated rings. The maximum absolute atomic E-state index is 6.31. The minimum atomic E-state index is 0.725. The van der Waals surface area contributed by atoms with Gasteiger partial charge in [0.2, 0.25) is 0 Å². The molecular formula is C36H26N4O2+2. The van der Waals surface area contributed by atoms with Crippen LogP contribution >= 0.6 is 0 Å². The molecule has 0 aliphatic carbocycles. The second-order valence-electron chi connectivity index (χ2n) is 9.84. The first-order valence-corrected chi connectivity index (χ1v) is 13.6. The van der Waals surface area contributed by atoms with E-state index < -0.39 is 0 Å². The van der Waals surface area contributed by atoms with E-state index in [-0.39, 0.29) is 0 Å². The van der Waals surface area contributed by atoms with Crippen LogP contribution in [0, 0.1) is 0 Å². The molecule has 3 heterocycles. The highest BCUT2D eigenvalue weighted by atomic mass is 16.5. The fourth-order valence-corrected chi connectivity index (χ4v) is 4.94. The Morgan fingerprint density at radius 1 is 0.548 bits per heavy atom. The summed E-state index contributed by atoms with van der Waals surface area (Å²) in [6.07, 6.45) is 3.62. The average Bonchev–Trinajstić information content (AvgIpc) is 3.38. The molecule has 0 bridgehead atoms. The summed E-state index contributed by atoms with van der Waals surface area (Å²) >= 11 is 0. The first kappa shape index (κ1) is 25.1. The summed E-state index contributed by atoms with van der Waals surface area (Å²) in [5, 5.41) is 0. The lowest BCUT2D eigenvalue weighted by Gasteiger charge is -2.10. The van der Waals surface area contributed by atoms with Gasteiger partial charge in [0, 0.05) is 28.9 Å². The van der Waals surface area contributed by atoms with E-state index in [2.05, 4.69) is 28.1 Å². The summed E-state index contributed by atoms with van der Waals surface area (Å²) in [5.74, 6) is 3.90. The molecule has 0 N–H and O–H groups in total. The summed E-state index contributed by atoms with van der Waals surface area (Å²) in [4.78, 5) is 9.13. The minimum Gasteiger partial charge on any atom is -0.457 e. The van der Waals surface area contributed by atoms with E-state index in [4.69, 9.17) is 9.47 Å². The van der Waals surface area contributed by atoms with Crippen LogP contribution in [0.25, 0.3) is 22.4 Å². The monoisotopic (exact) mass is 546 g/mol. The minimum absolute atomic E-state index is 0.725. The molecule has 0 saturated carbocycles. The van der Waals surface area contributed by atoms with Crippen LogP contribution in [0.2, 0.25) is 0 Å². The molecule has 6 nitrogen and oxygen atoms in total. The van der Waals surface area contributed by atoms with Crippen molar-refractivity contribution in [1.82, 2.24) is 14.5 Å². The zero-order valence-electron chi connectivity index (χ0n) is 22.9. The number of rotatable bonds is 7. The number of fused-ring (bicyclic) bond motifs is 1. The molecular weight excluding hydrogens is 520 g/mol. The standard InChI is InChI=1S/C36H26N4O2/c1-39-25-40(35-17-8-19-38-36(35)39)29-11-7-16-33(24-29)42-32-15-6-10-28(22-32)34-23-27(18-20-37-34)26-9-5-14-31(21-26)41-30-12-3-2-4-13-30/h2-24H,1H3/q+2. The Hall–Kier alpha value is -5.84. The maximum Gasteiger partial charge on any atom is 0.453 e. The van der Waals surface area contributed by atoms with E-state index in [1.165, 1.54) is 0 Å². The second kappa shape index (κ2) is 11.0. The number of ether oxygens (including phenoxy) is 2. The largest absolute Gasteiger partial charge is 0.457 e. The molecule has 2 aromatic heterocycles. The number of para-hydroxylation sites is 1. The molecule has 1 aliphatic heterocycles. The van der Waals surface area contributed by atoms with E-state index >= 15 is 0 Å². The van der Waals surface area contributed by atoms with Gasteiger partial charge in [-0.15, -0.1) is 9.15 Å². The van der Waals surface area contributed by atoms with Crippen molar-refractivity contribution in [1.29, 1.82) is 0 Å². The van der Waals surface area contributed by atoms with Gasteiger partial charge in [-0.1, -0.05) is 48.5 Å². The maximum atomic E-state index is 6.31. The van der Waals surface area contributed by atoms with Gasteiger partial charge in [-0.25, -0.2) is 0 Å². The van der Waals surface area contributed by atoms with Gasteiger partial charge in [0.05, 0.1) is 5.69 Å². The van der Waals surface area contributed by atoms with Crippen LogP contribution in [-0.4, -0.2) is 27.6 Å². The Kier molecular flexibility index (Phi) is 6.57. The van der Waals surface area contributed by atoms with Gasteiger partial charge in [0.1, 0.15) is 30.0 Å². The van der Waals surface area contributed by atoms with Crippen LogP contribution < -0.4 is 14.0 Å². The highest BCUT2D eigenvalue weighted by molar-refractivity contribution is 5.73. The zero-order valence-corrected chi connectivity index (χ0v) is 22.9. The number of pyridine rings is 2. The van der Waals surface area contributed by atoms with Crippen LogP contribution in [0.4, 0.5) is 17.2 Å². The molecule has 0 atom stereocenters. The molecule has 0 spiro atoms. The first-order valence-electron chi connectivity index (χ1n) is 13.6. The van der Waals surface area contributed by atoms with Gasteiger partial charge in [0.15, 0.2) is 11.9 Å². The van der Waals surface area contributed by atoms with Gasteiger partial charge in [-0.3, -0.25) is 4.98 Å². The SMILES string of the molecule is C[N+]1=C=[N+](c2cccc(Oc3cccc(-c4cc(-c5cccc(Oc6ccccc6)c5)ccn4)c3)c2)c2cccnc21. The van der Waals surface area contributed by atoms with Gasteiger partial charge in [-0.05, 0) is 77.9 Å². The van der Waals surface area contributed by atoms with E-state index in [0.717, 1.165) is 62.6 Å². The van der Waals surface area contributed by atoms with E-state index in [0.29, 0.717) is 0 Å². The molecule has 0 saturated heterocycles. The predicted molar refractivity (Wildman–Crippen MR) is 165 cm³/mol. The highest BCUT2D eigenvalue weighted by Gasteiger charge is 2.32. The lowest BCUT2D eigenvalue weighted by atomic mass is 10.0. The smallest absolute Gasteiger partial charge is 0.453 e. The predicted octanol–water partition coefficient (Wildman–Crippen LogP) is 8.69. The quantitative estimate of drug-likeness (QED) is 0.188. The van der Waals surface area contributed by atoms with Crippen molar-refractivity contribution in [3.05, 3.63) is 140 Å². The van der Waals surface area contributed by atoms with Crippen LogP contribution in [-0.2, 0) is 0 Å². The summed E-state index contributed by atoms with van der Waals surface area (Å²) in [6.45, 7) is 0. The van der Waals surface area contributed by atoms with Crippen LogP contribution in [0.5, 0.6) is 23.0 Å². The topological polar surface area (TPSA) is 50.3 Å². The molecule has 0 unspecified atom stereocenters. The zero-order chi connectivity index (χ0) is 28.3. The Morgan fingerprint density at radius 2 is 1.21 bits per heavy atom. The third-order valence-electron chi connectivity index (χ3n) is 6.92. The Morgan fingerprint density at radius 3 is 2.05 bits per heavy atom. The summed E-state index contributed by atoms with van der Waals surface area (Å²) in [5.41, 5.74) is 5.83. The Labute approximate surface area is 243 Å². The van der Waals surface area contributed by atoms with Crippen LogP contribution in [0.3, 0.4) is 0 Å². The van der Waals surface area contributed by atoms with Crippen LogP contribution in [0.1, 0.15) is 0 Å². The number of hydrogen-bond acceptors (Lipinski definition) is 4. The molecule has 0 amide bonds. The second-order valence-corrected chi connectivity index (χ2v) is 9.84. The summed E-state index contributed by atoms with van der Waals surface area (Å²) < 4.78 is 16.2. The van der Waals surface area contributed by atoms with Crippen molar-refractivity contribution in [2.45, 2.75) is 0 Å². The molecule has 200 valence electrons. The number of hydrogen-bond donors (Lipinski definition) is 0. The molecule has 6 heteroatoms. The molecule has 1 aliphatic rings. The van der Waals surface area contributed by atoms with Crippen molar-refractivity contribution in [3.8, 4) is 45.4 Å². The van der Waals surface area contributed by atoms with Gasteiger partial charge < -0.3 is 9.47 Å². The number of benzene rings is 4. The Bertz CT molecular complexity index is 2000. The van der Waals surface area contributed by atoms with E-state index in [1.807, 2.05) is 138 Å². The van der Waals surface area contributed by atoms with Crippen LogP contribution in [0.15, 0.2) is 140 Å². The van der Waals surface area contributed by atoms with Crippen molar-refractivity contribution in [3.63, 3.8) is 0 Å². The Balaban J connectivity index is 1.13. The lowest BCUT2D eigenvalue weighted by molar-refractivity contribution is -0.398. The fourth-order valence-electron chi connectivity index (χ4n) is 4.94. The summed E-state index contributed by atoms with van der Waals surface area (Å²) in [7, 11) is 1.94. The van der Waals surface area contributed by atoms with Crippen molar-refractivity contribution >= 4 is 23.2 Å². The van der Waals surface area contributed by atoms with Gasteiger partial charge in [-0.2, -0.15) is 0 Å². The molecule has 6 aromatic rings. The molecule has 7 rings (SSSR count). The normalized spacial score (nSPS) is 11.8. The molecule has 4 aromatic carbocycles. The van der Waals surface area contributed by atoms with Crippen molar-refractivity contribution in [2.24, 2.45) is 0 Å². The number of nitrogens with zero attached hydrogens (tertiary/aromatic N) is 4. The third-order valence-corrected chi connectivity index (χ3v) is 6.92. The lowest BCUT2D eigenvalue weighted by Crippen LogP contribution is -1.99. The van der Waals surface area contributed by atoms with E-state index in [1.54, 1.807) is 6.20 Å². The van der Waals surface area contributed by atoms with Crippen molar-refractivity contribution < 1.29 is 14.0 Å². The molecule has 0 radical (unpaired) electrons. The van der Waals surface area contributed by atoms with E-state index in [9.17, 15) is 0 Å². The fraction of sp³-hybridized carbons (Fsp3) is 0.0278. The van der Waals surface area contributed by atoms with Gasteiger partial charge in [0.25, 0.3) is 5.69 Å². The van der Waals surface area contributed by atoms with Crippen molar-refractivity contribution in [2.75, 3.05) is 7.05 Å². The van der Waals surface area contributed by atoms with Gasteiger partial charge >= 0.3 is 11.8 Å². The summed E-state index contributed by atoms with van der Waals surface area (Å²) in [6, 6.07) is 45.2. The average molecular weight is 547 g/mol. The number of aromatic nitrogens is 2. The third kappa shape index (κ3) is 5.18. The highest BCUT2D eigenvalue weighted by Crippen LogP contribution is 2.34.